The van der Waals surface area contributed by atoms with Gasteiger partial charge in [0.25, 0.3) is 0 Å². The van der Waals surface area contributed by atoms with Crippen molar-refractivity contribution in [1.29, 1.82) is 5.26 Å². The molecule has 0 amide bonds. The van der Waals surface area contributed by atoms with Crippen molar-refractivity contribution in [2.45, 2.75) is 12.3 Å². The molecule has 0 bridgehead atoms. The van der Waals surface area contributed by atoms with E-state index in [0.717, 1.165) is 5.56 Å². The van der Waals surface area contributed by atoms with Crippen molar-refractivity contribution in [1.82, 2.24) is 0 Å². The first-order chi connectivity index (χ1) is 15.4. The Bertz CT molecular complexity index is 1260. The number of allylic oxidation sites excluding steroid dienone is 1. The van der Waals surface area contributed by atoms with Gasteiger partial charge >= 0.3 is 5.97 Å². The number of hydrogen-bond acceptors (Lipinski definition) is 5. The largest absolute Gasteiger partial charge is 0.440 e. The van der Waals surface area contributed by atoms with Gasteiger partial charge in [-0.1, -0.05) is 47.5 Å². The Hall–Kier alpha value is -3.53. The molecule has 1 heterocycles. The lowest BCUT2D eigenvalue weighted by Crippen LogP contribution is -2.22. The first-order valence-electron chi connectivity index (χ1n) is 9.48. The number of benzene rings is 3. The molecule has 0 aliphatic carbocycles. The molecule has 160 valence electrons. The van der Waals surface area contributed by atoms with Gasteiger partial charge in [0, 0.05) is 27.2 Å². The monoisotopic (exact) mass is 468 g/mol. The lowest BCUT2D eigenvalue weighted by atomic mass is 9.83. The molecular formula is C24H15Cl2FN2O3. The van der Waals surface area contributed by atoms with Gasteiger partial charge in [0.05, 0.1) is 12.3 Å². The topological polar surface area (TPSA) is 85.3 Å². The van der Waals surface area contributed by atoms with Crippen LogP contribution in [0.15, 0.2) is 72.1 Å². The Morgan fingerprint density at radius 1 is 1.16 bits per heavy atom. The van der Waals surface area contributed by atoms with Gasteiger partial charge in [0.1, 0.15) is 29.0 Å². The number of nitrogens with zero attached hydrogens (tertiary/aromatic N) is 1. The molecule has 0 spiro atoms. The number of nitriles is 1. The van der Waals surface area contributed by atoms with Crippen molar-refractivity contribution in [3.63, 3.8) is 0 Å². The highest BCUT2D eigenvalue weighted by molar-refractivity contribution is 6.31. The average Bonchev–Trinajstić information content (AvgIpc) is 2.75. The van der Waals surface area contributed by atoms with Crippen molar-refractivity contribution >= 4 is 29.2 Å². The van der Waals surface area contributed by atoms with E-state index in [4.69, 9.17) is 38.4 Å². The molecule has 1 unspecified atom stereocenters. The van der Waals surface area contributed by atoms with Crippen LogP contribution in [-0.2, 0) is 11.2 Å². The molecule has 3 aromatic carbocycles. The molecule has 0 aromatic heterocycles. The molecule has 2 N–H and O–H groups in total. The number of nitrogens with two attached hydrogens (primary N) is 1. The van der Waals surface area contributed by atoms with Crippen molar-refractivity contribution in [2.24, 2.45) is 5.73 Å². The minimum Gasteiger partial charge on any atom is -0.440 e. The van der Waals surface area contributed by atoms with Crippen LogP contribution < -0.4 is 15.2 Å². The number of carbonyl (C=O) groups is 1. The third-order valence-corrected chi connectivity index (χ3v) is 5.55. The fourth-order valence-electron chi connectivity index (χ4n) is 3.52. The summed E-state index contributed by atoms with van der Waals surface area (Å²) in [6.07, 6.45) is 0.0448. The lowest BCUT2D eigenvalue weighted by molar-refractivity contribution is -0.133. The smallest absolute Gasteiger partial charge is 0.315 e. The van der Waals surface area contributed by atoms with Crippen LogP contribution in [0.3, 0.4) is 0 Å². The van der Waals surface area contributed by atoms with Crippen molar-refractivity contribution in [3.05, 3.63) is 105 Å². The van der Waals surface area contributed by atoms with E-state index in [1.165, 1.54) is 24.3 Å². The van der Waals surface area contributed by atoms with E-state index in [1.54, 1.807) is 36.4 Å². The predicted octanol–water partition coefficient (Wildman–Crippen LogP) is 5.50. The van der Waals surface area contributed by atoms with E-state index in [0.29, 0.717) is 10.6 Å². The van der Waals surface area contributed by atoms with Gasteiger partial charge < -0.3 is 15.2 Å². The highest BCUT2D eigenvalue weighted by Crippen LogP contribution is 2.46. The number of rotatable bonds is 4. The maximum absolute atomic E-state index is 14.7. The van der Waals surface area contributed by atoms with E-state index in [-0.39, 0.29) is 40.0 Å². The van der Waals surface area contributed by atoms with E-state index < -0.39 is 17.7 Å². The third-order valence-electron chi connectivity index (χ3n) is 4.97. The number of fused-ring (bicyclic) bond motifs is 1. The molecule has 0 saturated carbocycles. The van der Waals surface area contributed by atoms with Crippen LogP contribution in [0.5, 0.6) is 11.5 Å². The molecule has 1 atom stereocenters. The summed E-state index contributed by atoms with van der Waals surface area (Å²) in [6.45, 7) is 0. The normalized spacial score (nSPS) is 14.9. The summed E-state index contributed by atoms with van der Waals surface area (Å²) in [7, 11) is 0. The Morgan fingerprint density at radius 3 is 2.59 bits per heavy atom. The molecule has 0 saturated heterocycles. The fourth-order valence-corrected chi connectivity index (χ4v) is 3.92. The van der Waals surface area contributed by atoms with E-state index >= 15 is 0 Å². The van der Waals surface area contributed by atoms with Crippen LogP contribution in [0.2, 0.25) is 10.0 Å². The van der Waals surface area contributed by atoms with Gasteiger partial charge in [-0.3, -0.25) is 4.79 Å². The summed E-state index contributed by atoms with van der Waals surface area (Å²) in [4.78, 5) is 12.3. The van der Waals surface area contributed by atoms with Crippen LogP contribution in [0, 0.1) is 17.1 Å². The molecule has 5 nitrogen and oxygen atoms in total. The summed E-state index contributed by atoms with van der Waals surface area (Å²) < 4.78 is 25.7. The second-order valence-electron chi connectivity index (χ2n) is 7.04. The van der Waals surface area contributed by atoms with Crippen LogP contribution >= 0.6 is 23.2 Å². The van der Waals surface area contributed by atoms with Gasteiger partial charge in [-0.2, -0.15) is 5.26 Å². The summed E-state index contributed by atoms with van der Waals surface area (Å²) >= 11 is 12.1. The minimum atomic E-state index is -0.865. The minimum absolute atomic E-state index is 0.0389. The number of esters is 1. The molecule has 32 heavy (non-hydrogen) atoms. The predicted molar refractivity (Wildman–Crippen MR) is 118 cm³/mol. The zero-order chi connectivity index (χ0) is 22.8. The second-order valence-corrected chi connectivity index (χ2v) is 7.88. The van der Waals surface area contributed by atoms with Crippen LogP contribution in [0.1, 0.15) is 22.6 Å². The number of hydrogen-bond donors (Lipinski definition) is 1. The van der Waals surface area contributed by atoms with Crippen LogP contribution in [0.25, 0.3) is 0 Å². The number of ether oxygens (including phenoxy) is 2. The summed E-state index contributed by atoms with van der Waals surface area (Å²) in [6, 6.07) is 17.7. The summed E-state index contributed by atoms with van der Waals surface area (Å²) in [5, 5.41) is 10.3. The highest BCUT2D eigenvalue weighted by Gasteiger charge is 2.34. The van der Waals surface area contributed by atoms with Crippen molar-refractivity contribution in [2.75, 3.05) is 0 Å². The van der Waals surface area contributed by atoms with Gasteiger partial charge in [0.15, 0.2) is 0 Å². The van der Waals surface area contributed by atoms with Gasteiger partial charge in [-0.25, -0.2) is 4.39 Å². The number of halogens is 3. The summed E-state index contributed by atoms with van der Waals surface area (Å²) in [5.41, 5.74) is 7.32. The third kappa shape index (κ3) is 4.26. The molecule has 3 aromatic rings. The first kappa shape index (κ1) is 21.7. The molecular weight excluding hydrogens is 454 g/mol. The molecule has 8 heteroatoms. The van der Waals surface area contributed by atoms with Crippen molar-refractivity contribution in [3.8, 4) is 17.6 Å². The van der Waals surface area contributed by atoms with Crippen molar-refractivity contribution < 1.29 is 18.7 Å². The maximum Gasteiger partial charge on any atom is 0.315 e. The van der Waals surface area contributed by atoms with E-state index in [9.17, 15) is 14.4 Å². The van der Waals surface area contributed by atoms with Crippen LogP contribution in [-0.4, -0.2) is 5.97 Å². The van der Waals surface area contributed by atoms with E-state index in [1.807, 2.05) is 6.07 Å². The zero-order valence-electron chi connectivity index (χ0n) is 16.4. The number of carbonyl (C=O) groups excluding carboxylic acids is 1. The Morgan fingerprint density at radius 2 is 1.91 bits per heavy atom. The zero-order valence-corrected chi connectivity index (χ0v) is 18.0. The molecule has 1 aliphatic heterocycles. The maximum atomic E-state index is 14.7. The second kappa shape index (κ2) is 8.91. The average molecular weight is 469 g/mol. The fraction of sp³-hybridized carbons (Fsp3) is 0.0833. The molecule has 4 rings (SSSR count). The Kier molecular flexibility index (Phi) is 6.04. The Balaban J connectivity index is 1.65. The van der Waals surface area contributed by atoms with Gasteiger partial charge in [0.2, 0.25) is 5.88 Å². The molecule has 0 radical (unpaired) electrons. The quantitative estimate of drug-likeness (QED) is 0.403. The standard InChI is InChI=1S/C24H15Cl2FN2O3/c25-14-6-4-13(5-7-14)10-21(30)31-15-8-9-16-20(11-15)32-24(29)17(12-28)22(16)23-18(26)2-1-3-19(23)27/h1-9,11,22H,10,29H2. The van der Waals surface area contributed by atoms with Crippen LogP contribution in [0.4, 0.5) is 4.39 Å². The molecule has 0 fully saturated rings. The SMILES string of the molecule is N#CC1=C(N)Oc2cc(OC(=O)Cc3ccc(Cl)cc3)ccc2C1c1c(F)cccc1Cl. The lowest BCUT2D eigenvalue weighted by Gasteiger charge is -2.27. The Labute approximate surface area is 193 Å². The van der Waals surface area contributed by atoms with E-state index in [2.05, 4.69) is 0 Å². The summed E-state index contributed by atoms with van der Waals surface area (Å²) in [5.74, 6) is -1.64. The van der Waals surface area contributed by atoms with Gasteiger partial charge in [-0.05, 0) is 35.9 Å². The first-order valence-corrected chi connectivity index (χ1v) is 10.2. The molecule has 1 aliphatic rings. The van der Waals surface area contributed by atoms with Gasteiger partial charge in [-0.15, -0.1) is 0 Å². The highest BCUT2D eigenvalue weighted by atomic mass is 35.5.